The molecule has 1 saturated carbocycles. The summed E-state index contributed by atoms with van der Waals surface area (Å²) in [5, 5.41) is 8.70. The van der Waals surface area contributed by atoms with Crippen LogP contribution in [0.15, 0.2) is 34.7 Å². The molecule has 118 valence electrons. The van der Waals surface area contributed by atoms with Crippen molar-refractivity contribution in [3.63, 3.8) is 0 Å². The summed E-state index contributed by atoms with van der Waals surface area (Å²) in [6.07, 6.45) is 5.01. The number of thiazole rings is 1. The van der Waals surface area contributed by atoms with Crippen molar-refractivity contribution in [3.05, 3.63) is 36.0 Å². The van der Waals surface area contributed by atoms with Gasteiger partial charge in [0.2, 0.25) is 10.0 Å². The largest absolute Gasteiger partial charge is 0.490 e. The maximum absolute atomic E-state index is 11.2. The minimum absolute atomic E-state index is 0.0500. The number of rotatable bonds is 6. The predicted octanol–water partition coefficient (Wildman–Crippen LogP) is 2.33. The van der Waals surface area contributed by atoms with Crippen molar-refractivity contribution < 1.29 is 13.2 Å². The van der Waals surface area contributed by atoms with E-state index in [9.17, 15) is 8.42 Å². The van der Waals surface area contributed by atoms with Crippen molar-refractivity contribution in [2.45, 2.75) is 36.1 Å². The van der Waals surface area contributed by atoms with Gasteiger partial charge in [0.1, 0.15) is 5.75 Å². The van der Waals surface area contributed by atoms with Gasteiger partial charge in [-0.15, -0.1) is 0 Å². The van der Waals surface area contributed by atoms with E-state index in [1.54, 1.807) is 0 Å². The number of nitrogens with one attached hydrogen (secondary N) is 1. The van der Waals surface area contributed by atoms with Crippen LogP contribution in [0.5, 0.6) is 5.75 Å². The summed E-state index contributed by atoms with van der Waals surface area (Å²) in [6.45, 7) is 0.514. The fraction of sp³-hybridized carbons (Fsp3) is 0.357. The molecule has 0 aliphatic heterocycles. The quantitative estimate of drug-likeness (QED) is 0.842. The van der Waals surface area contributed by atoms with Crippen molar-refractivity contribution in [2.75, 3.05) is 5.32 Å². The van der Waals surface area contributed by atoms with Gasteiger partial charge in [0, 0.05) is 12.1 Å². The third-order valence-electron chi connectivity index (χ3n) is 3.51. The Labute approximate surface area is 133 Å². The molecule has 22 heavy (non-hydrogen) atoms. The second-order valence-electron chi connectivity index (χ2n) is 5.16. The molecule has 1 aliphatic carbocycles. The molecule has 1 aromatic carbocycles. The Hall–Kier alpha value is -1.64. The zero-order valence-electron chi connectivity index (χ0n) is 11.9. The Balaban J connectivity index is 1.67. The van der Waals surface area contributed by atoms with Crippen LogP contribution in [0.3, 0.4) is 0 Å². The molecule has 0 bridgehead atoms. The smallest absolute Gasteiger partial charge is 0.249 e. The highest BCUT2D eigenvalue weighted by Gasteiger charge is 2.20. The van der Waals surface area contributed by atoms with Gasteiger partial charge in [-0.1, -0.05) is 29.5 Å². The van der Waals surface area contributed by atoms with Gasteiger partial charge in [0.15, 0.2) is 9.34 Å². The summed E-state index contributed by atoms with van der Waals surface area (Å²) in [4.78, 5) is 4.02. The normalized spacial score (nSPS) is 15.3. The summed E-state index contributed by atoms with van der Waals surface area (Å²) >= 11 is 1.02. The maximum atomic E-state index is 11.2. The lowest BCUT2D eigenvalue weighted by atomic mass is 9.96. The van der Waals surface area contributed by atoms with Crippen LogP contribution in [0, 0.1) is 0 Å². The fourth-order valence-corrected chi connectivity index (χ4v) is 3.52. The summed E-state index contributed by atoms with van der Waals surface area (Å²) in [5.74, 6) is 0.864. The Morgan fingerprint density at radius 3 is 2.77 bits per heavy atom. The summed E-state index contributed by atoms with van der Waals surface area (Å²) in [5.41, 5.74) is 1.02. The van der Waals surface area contributed by atoms with E-state index in [0.29, 0.717) is 17.8 Å². The summed E-state index contributed by atoms with van der Waals surface area (Å²) in [6, 6.07) is 7.82. The first-order valence-corrected chi connectivity index (χ1v) is 9.36. The number of nitrogens with two attached hydrogens (primary N) is 1. The number of benzene rings is 1. The fourth-order valence-electron chi connectivity index (χ4n) is 2.08. The third kappa shape index (κ3) is 3.57. The third-order valence-corrected chi connectivity index (χ3v) is 5.88. The number of sulfonamides is 1. The monoisotopic (exact) mass is 339 g/mol. The molecule has 0 unspecified atom stereocenters. The second-order valence-corrected chi connectivity index (χ2v) is 7.98. The molecule has 1 heterocycles. The minimum atomic E-state index is -3.69. The molecular weight excluding hydrogens is 322 g/mol. The van der Waals surface area contributed by atoms with Crippen LogP contribution >= 0.6 is 11.3 Å². The molecule has 0 amide bonds. The average molecular weight is 339 g/mol. The lowest BCUT2D eigenvalue weighted by Gasteiger charge is -2.27. The molecule has 0 spiro atoms. The zero-order valence-corrected chi connectivity index (χ0v) is 13.5. The lowest BCUT2D eigenvalue weighted by Crippen LogP contribution is -2.25. The van der Waals surface area contributed by atoms with E-state index in [1.807, 2.05) is 24.3 Å². The molecular formula is C14H17N3O3S2. The number of anilines is 1. The highest BCUT2D eigenvalue weighted by molar-refractivity contribution is 7.91. The van der Waals surface area contributed by atoms with Crippen LogP contribution in [0.25, 0.3) is 0 Å². The first kappa shape index (κ1) is 15.3. The molecule has 1 fully saturated rings. The van der Waals surface area contributed by atoms with E-state index >= 15 is 0 Å². The van der Waals surface area contributed by atoms with Gasteiger partial charge in [0.25, 0.3) is 0 Å². The average Bonchev–Trinajstić information content (AvgIpc) is 2.90. The van der Waals surface area contributed by atoms with Crippen molar-refractivity contribution in [2.24, 2.45) is 5.14 Å². The first-order chi connectivity index (χ1) is 10.5. The van der Waals surface area contributed by atoms with Gasteiger partial charge in [-0.2, -0.15) is 0 Å². The molecule has 1 aromatic heterocycles. The lowest BCUT2D eigenvalue weighted by molar-refractivity contribution is 0.119. The van der Waals surface area contributed by atoms with Crippen molar-refractivity contribution in [1.82, 2.24) is 4.98 Å². The Morgan fingerprint density at radius 1 is 1.36 bits per heavy atom. The number of aromatic nitrogens is 1. The molecule has 6 nitrogen and oxygen atoms in total. The summed E-state index contributed by atoms with van der Waals surface area (Å²) in [7, 11) is -3.69. The van der Waals surface area contributed by atoms with Crippen LogP contribution in [0.1, 0.15) is 24.8 Å². The minimum Gasteiger partial charge on any atom is -0.490 e. The Morgan fingerprint density at radius 2 is 2.14 bits per heavy atom. The molecule has 0 saturated heterocycles. The van der Waals surface area contributed by atoms with Gasteiger partial charge >= 0.3 is 0 Å². The van der Waals surface area contributed by atoms with Gasteiger partial charge in [0.05, 0.1) is 12.3 Å². The number of primary sulfonamides is 1. The van der Waals surface area contributed by atoms with E-state index in [1.165, 1.54) is 12.6 Å². The number of para-hydroxylation sites is 1. The van der Waals surface area contributed by atoms with Crippen molar-refractivity contribution in [1.29, 1.82) is 0 Å². The Bertz CT molecular complexity index is 754. The van der Waals surface area contributed by atoms with E-state index in [2.05, 4.69) is 10.3 Å². The number of hydrogen-bond donors (Lipinski definition) is 2. The topological polar surface area (TPSA) is 94.3 Å². The van der Waals surface area contributed by atoms with E-state index in [-0.39, 0.29) is 4.21 Å². The highest BCUT2D eigenvalue weighted by atomic mass is 32.2. The number of nitrogens with zero attached hydrogens (tertiary/aromatic N) is 1. The van der Waals surface area contributed by atoms with Crippen LogP contribution < -0.4 is 15.2 Å². The van der Waals surface area contributed by atoms with E-state index in [4.69, 9.17) is 9.88 Å². The van der Waals surface area contributed by atoms with Gasteiger partial charge in [-0.05, 0) is 25.3 Å². The first-order valence-electron chi connectivity index (χ1n) is 6.99. The van der Waals surface area contributed by atoms with Crippen LogP contribution in [0.2, 0.25) is 0 Å². The van der Waals surface area contributed by atoms with Crippen LogP contribution in [-0.2, 0) is 16.6 Å². The molecule has 0 atom stereocenters. The predicted molar refractivity (Wildman–Crippen MR) is 85.5 cm³/mol. The number of hydrogen-bond acceptors (Lipinski definition) is 6. The summed E-state index contributed by atoms with van der Waals surface area (Å²) < 4.78 is 28.5. The highest BCUT2D eigenvalue weighted by Crippen LogP contribution is 2.28. The molecule has 8 heteroatoms. The zero-order chi connectivity index (χ0) is 15.6. The second kappa shape index (κ2) is 6.23. The molecule has 3 rings (SSSR count). The Kier molecular flexibility index (Phi) is 4.32. The standard InChI is InChI=1S/C14H17N3O3S2/c15-22(18,19)13-9-17-14(21-13)16-8-10-4-1-2-7-12(10)20-11-5-3-6-11/h1-2,4,7,9,11H,3,5-6,8H2,(H,16,17)(H2,15,18,19). The van der Waals surface area contributed by atoms with Crippen molar-refractivity contribution >= 4 is 26.5 Å². The molecule has 0 radical (unpaired) electrons. The van der Waals surface area contributed by atoms with Gasteiger partial charge in [-0.25, -0.2) is 18.5 Å². The molecule has 3 N–H and O–H groups in total. The van der Waals surface area contributed by atoms with E-state index < -0.39 is 10.0 Å². The van der Waals surface area contributed by atoms with E-state index in [0.717, 1.165) is 35.5 Å². The van der Waals surface area contributed by atoms with Crippen LogP contribution in [-0.4, -0.2) is 19.5 Å². The molecule has 1 aliphatic rings. The van der Waals surface area contributed by atoms with Gasteiger partial charge in [-0.3, -0.25) is 0 Å². The van der Waals surface area contributed by atoms with Gasteiger partial charge < -0.3 is 10.1 Å². The van der Waals surface area contributed by atoms with Crippen molar-refractivity contribution in [3.8, 4) is 5.75 Å². The maximum Gasteiger partial charge on any atom is 0.249 e. The van der Waals surface area contributed by atoms with Crippen LogP contribution in [0.4, 0.5) is 5.13 Å². The SMILES string of the molecule is NS(=O)(=O)c1cnc(NCc2ccccc2OC2CCC2)s1. The number of ether oxygens (including phenoxy) is 1. The molecule has 2 aromatic rings.